The second-order valence-electron chi connectivity index (χ2n) is 5.95. The molecule has 0 amide bonds. The van der Waals surface area contributed by atoms with Crippen molar-refractivity contribution in [3.63, 3.8) is 0 Å². The number of rotatable bonds is 4. The summed E-state index contributed by atoms with van der Waals surface area (Å²) in [5.74, 6) is 0.929. The predicted molar refractivity (Wildman–Crippen MR) is 67.5 cm³/mol. The van der Waals surface area contributed by atoms with E-state index >= 15 is 0 Å². The van der Waals surface area contributed by atoms with Gasteiger partial charge in [-0.05, 0) is 38.0 Å². The van der Waals surface area contributed by atoms with E-state index < -0.39 is 0 Å². The molecule has 2 aliphatic carbocycles. The first-order valence-electron chi connectivity index (χ1n) is 7.17. The van der Waals surface area contributed by atoms with Crippen LogP contribution in [-0.4, -0.2) is 23.3 Å². The van der Waals surface area contributed by atoms with Crippen molar-refractivity contribution < 1.29 is 5.11 Å². The molecule has 2 N–H and O–H groups in total. The van der Waals surface area contributed by atoms with E-state index in [1.807, 2.05) is 0 Å². The zero-order valence-corrected chi connectivity index (χ0v) is 10.7. The summed E-state index contributed by atoms with van der Waals surface area (Å²) >= 11 is 0. The summed E-state index contributed by atoms with van der Waals surface area (Å²) in [5.41, 5.74) is -0.386. The summed E-state index contributed by atoms with van der Waals surface area (Å²) in [5, 5.41) is 14.0. The van der Waals surface area contributed by atoms with Gasteiger partial charge in [-0.25, -0.2) is 0 Å². The molecule has 0 aromatic rings. The normalized spacial score (nSPS) is 34.1. The van der Waals surface area contributed by atoms with E-state index in [1.165, 1.54) is 44.9 Å². The Kier molecular flexibility index (Phi) is 4.26. The SMILES string of the molecule is CCC1CCC(NCC2(O)CCCCC2)C1. The quantitative estimate of drug-likeness (QED) is 0.771. The largest absolute Gasteiger partial charge is 0.389 e. The molecule has 2 fully saturated rings. The second kappa shape index (κ2) is 5.50. The molecule has 2 heteroatoms. The number of hydrogen-bond acceptors (Lipinski definition) is 2. The summed E-state index contributed by atoms with van der Waals surface area (Å²) in [6.07, 6.45) is 11.1. The third-order valence-electron chi connectivity index (χ3n) is 4.62. The molecular weight excluding hydrogens is 198 g/mol. The predicted octanol–water partition coefficient (Wildman–Crippen LogP) is 2.85. The summed E-state index contributed by atoms with van der Waals surface area (Å²) in [7, 11) is 0. The highest BCUT2D eigenvalue weighted by molar-refractivity contribution is 4.88. The van der Waals surface area contributed by atoms with E-state index in [4.69, 9.17) is 0 Å². The van der Waals surface area contributed by atoms with Crippen molar-refractivity contribution in [2.45, 2.75) is 76.4 Å². The lowest BCUT2D eigenvalue weighted by atomic mass is 9.84. The second-order valence-corrected chi connectivity index (χ2v) is 5.95. The van der Waals surface area contributed by atoms with E-state index in [2.05, 4.69) is 12.2 Å². The average molecular weight is 225 g/mol. The van der Waals surface area contributed by atoms with Crippen molar-refractivity contribution in [3.05, 3.63) is 0 Å². The van der Waals surface area contributed by atoms with Crippen LogP contribution >= 0.6 is 0 Å². The molecule has 2 rings (SSSR count). The topological polar surface area (TPSA) is 32.3 Å². The van der Waals surface area contributed by atoms with Crippen LogP contribution in [0.4, 0.5) is 0 Å². The van der Waals surface area contributed by atoms with E-state index in [1.54, 1.807) is 0 Å². The fraction of sp³-hybridized carbons (Fsp3) is 1.00. The lowest BCUT2D eigenvalue weighted by Crippen LogP contribution is -2.45. The molecule has 0 aliphatic heterocycles. The van der Waals surface area contributed by atoms with Gasteiger partial charge in [-0.1, -0.05) is 32.6 Å². The van der Waals surface area contributed by atoms with Crippen LogP contribution in [0.1, 0.15) is 64.7 Å². The van der Waals surface area contributed by atoms with Gasteiger partial charge in [0.1, 0.15) is 0 Å². The van der Waals surface area contributed by atoms with Crippen molar-refractivity contribution in [1.29, 1.82) is 0 Å². The number of hydrogen-bond donors (Lipinski definition) is 2. The van der Waals surface area contributed by atoms with Crippen molar-refractivity contribution in [2.75, 3.05) is 6.54 Å². The van der Waals surface area contributed by atoms with Crippen molar-refractivity contribution >= 4 is 0 Å². The Labute approximate surface area is 99.8 Å². The fourth-order valence-corrected chi connectivity index (χ4v) is 3.35. The van der Waals surface area contributed by atoms with Crippen molar-refractivity contribution in [2.24, 2.45) is 5.92 Å². The molecule has 0 saturated heterocycles. The van der Waals surface area contributed by atoms with Gasteiger partial charge in [0.25, 0.3) is 0 Å². The van der Waals surface area contributed by atoms with E-state index in [-0.39, 0.29) is 5.60 Å². The number of aliphatic hydroxyl groups is 1. The van der Waals surface area contributed by atoms with Gasteiger partial charge < -0.3 is 10.4 Å². The van der Waals surface area contributed by atoms with Gasteiger partial charge in [0.15, 0.2) is 0 Å². The Bertz CT molecular complexity index is 211. The van der Waals surface area contributed by atoms with E-state index in [0.717, 1.165) is 25.3 Å². The summed E-state index contributed by atoms with van der Waals surface area (Å²) < 4.78 is 0. The fourth-order valence-electron chi connectivity index (χ4n) is 3.35. The molecule has 0 bridgehead atoms. The molecule has 16 heavy (non-hydrogen) atoms. The number of nitrogens with one attached hydrogen (secondary N) is 1. The van der Waals surface area contributed by atoms with Gasteiger partial charge in [0, 0.05) is 12.6 Å². The van der Waals surface area contributed by atoms with E-state index in [9.17, 15) is 5.11 Å². The minimum atomic E-state index is -0.386. The molecule has 0 spiro atoms. The molecule has 0 heterocycles. The maximum atomic E-state index is 10.4. The lowest BCUT2D eigenvalue weighted by molar-refractivity contribution is 0.00270. The van der Waals surface area contributed by atoms with Gasteiger partial charge >= 0.3 is 0 Å². The third-order valence-corrected chi connectivity index (χ3v) is 4.62. The summed E-state index contributed by atoms with van der Waals surface area (Å²) in [6.45, 7) is 3.12. The summed E-state index contributed by atoms with van der Waals surface area (Å²) in [6, 6.07) is 0.677. The zero-order chi connectivity index (χ0) is 11.4. The van der Waals surface area contributed by atoms with Gasteiger partial charge in [0.05, 0.1) is 5.60 Å². The van der Waals surface area contributed by atoms with Crippen LogP contribution in [0.3, 0.4) is 0 Å². The summed E-state index contributed by atoms with van der Waals surface area (Å²) in [4.78, 5) is 0. The lowest BCUT2D eigenvalue weighted by Gasteiger charge is -2.33. The first-order valence-corrected chi connectivity index (χ1v) is 7.17. The van der Waals surface area contributed by atoms with Crippen LogP contribution in [0, 0.1) is 5.92 Å². The maximum absolute atomic E-state index is 10.4. The average Bonchev–Trinajstić information content (AvgIpc) is 2.75. The molecule has 0 aromatic carbocycles. The van der Waals surface area contributed by atoms with Crippen LogP contribution in [0.2, 0.25) is 0 Å². The first-order chi connectivity index (χ1) is 7.72. The highest BCUT2D eigenvalue weighted by Gasteiger charge is 2.31. The first kappa shape index (κ1) is 12.4. The molecule has 2 saturated carbocycles. The Morgan fingerprint density at radius 2 is 1.94 bits per heavy atom. The monoisotopic (exact) mass is 225 g/mol. The zero-order valence-electron chi connectivity index (χ0n) is 10.7. The minimum absolute atomic E-state index is 0.386. The van der Waals surface area contributed by atoms with Gasteiger partial charge in [0.2, 0.25) is 0 Å². The van der Waals surface area contributed by atoms with Crippen LogP contribution in [0.15, 0.2) is 0 Å². The van der Waals surface area contributed by atoms with Crippen LogP contribution in [0.5, 0.6) is 0 Å². The molecule has 2 nitrogen and oxygen atoms in total. The van der Waals surface area contributed by atoms with Gasteiger partial charge in [-0.3, -0.25) is 0 Å². The standard InChI is InChI=1S/C14H27NO/c1-2-12-6-7-13(10-12)15-11-14(16)8-4-3-5-9-14/h12-13,15-16H,2-11H2,1H3. The molecule has 0 aromatic heterocycles. The third kappa shape index (κ3) is 3.21. The van der Waals surface area contributed by atoms with Crippen molar-refractivity contribution in [3.8, 4) is 0 Å². The van der Waals surface area contributed by atoms with Crippen molar-refractivity contribution in [1.82, 2.24) is 5.32 Å². The van der Waals surface area contributed by atoms with Gasteiger partial charge in [-0.2, -0.15) is 0 Å². The highest BCUT2D eigenvalue weighted by Crippen LogP contribution is 2.30. The Hall–Kier alpha value is -0.0800. The highest BCUT2D eigenvalue weighted by atomic mass is 16.3. The van der Waals surface area contributed by atoms with E-state index in [0.29, 0.717) is 6.04 Å². The Morgan fingerprint density at radius 1 is 1.19 bits per heavy atom. The van der Waals surface area contributed by atoms with Crippen LogP contribution in [0.25, 0.3) is 0 Å². The Morgan fingerprint density at radius 3 is 2.56 bits per heavy atom. The molecule has 2 atom stereocenters. The smallest absolute Gasteiger partial charge is 0.0771 e. The molecule has 0 radical (unpaired) electrons. The molecule has 94 valence electrons. The maximum Gasteiger partial charge on any atom is 0.0771 e. The van der Waals surface area contributed by atoms with Crippen LogP contribution < -0.4 is 5.32 Å². The Balaban J connectivity index is 1.70. The van der Waals surface area contributed by atoms with Crippen LogP contribution in [-0.2, 0) is 0 Å². The van der Waals surface area contributed by atoms with Gasteiger partial charge in [-0.15, -0.1) is 0 Å². The minimum Gasteiger partial charge on any atom is -0.389 e. The molecule has 2 aliphatic rings. The molecular formula is C14H27NO. The molecule has 2 unspecified atom stereocenters.